The first-order valence-electron chi connectivity index (χ1n) is 4.77. The lowest BCUT2D eigenvalue weighted by molar-refractivity contribution is -0.295. The maximum absolute atomic E-state index is 10.7. The molecule has 0 amide bonds. The van der Waals surface area contributed by atoms with Crippen LogP contribution >= 0.6 is 0 Å². The summed E-state index contributed by atoms with van der Waals surface area (Å²) in [6.45, 7) is 4.94. The number of hydrogen-bond acceptors (Lipinski definition) is 4. The van der Waals surface area contributed by atoms with Crippen LogP contribution in [0.25, 0.3) is 0 Å². The van der Waals surface area contributed by atoms with E-state index in [2.05, 4.69) is 0 Å². The maximum Gasteiger partial charge on any atom is 0.304 e. The van der Waals surface area contributed by atoms with Crippen molar-refractivity contribution >= 4 is 5.78 Å². The minimum Gasteiger partial charge on any atom is -0.324 e. The number of carbonyl (C=O) groups is 1. The average Bonchev–Trinajstić information content (AvgIpc) is 2.53. The van der Waals surface area contributed by atoms with Gasteiger partial charge >= 0.3 is 5.97 Å². The number of ketones is 1. The van der Waals surface area contributed by atoms with E-state index < -0.39 is 5.97 Å². The minimum atomic E-state index is -1.05. The van der Waals surface area contributed by atoms with Gasteiger partial charge < -0.3 is 14.2 Å². The zero-order chi connectivity index (χ0) is 10.4. The zero-order valence-electron chi connectivity index (χ0n) is 8.62. The quantitative estimate of drug-likeness (QED) is 0.627. The summed E-state index contributed by atoms with van der Waals surface area (Å²) in [6.07, 6.45) is 3.75. The first kappa shape index (κ1) is 11.4. The van der Waals surface area contributed by atoms with Gasteiger partial charge in [-0.05, 0) is 13.8 Å². The van der Waals surface area contributed by atoms with Crippen LogP contribution in [0.15, 0.2) is 12.2 Å². The van der Waals surface area contributed by atoms with Gasteiger partial charge in [-0.15, -0.1) is 0 Å². The minimum absolute atomic E-state index is 0.103. The Balaban J connectivity index is 2.50. The molecule has 80 valence electrons. The van der Waals surface area contributed by atoms with Crippen molar-refractivity contribution in [2.24, 2.45) is 0 Å². The number of hydrogen-bond donors (Lipinski definition) is 0. The van der Waals surface area contributed by atoms with Crippen molar-refractivity contribution < 1.29 is 19.0 Å². The molecule has 1 aliphatic rings. The number of allylic oxidation sites excluding steroid dienone is 1. The molecular formula is C10H16O4. The van der Waals surface area contributed by atoms with E-state index in [4.69, 9.17) is 14.2 Å². The molecule has 1 aliphatic heterocycles. The summed E-state index contributed by atoms with van der Waals surface area (Å²) in [5, 5.41) is 0. The van der Waals surface area contributed by atoms with Crippen molar-refractivity contribution in [3.05, 3.63) is 12.2 Å². The summed E-state index contributed by atoms with van der Waals surface area (Å²) in [5.74, 6) is -0.949. The Morgan fingerprint density at radius 3 is 2.64 bits per heavy atom. The van der Waals surface area contributed by atoms with Crippen LogP contribution in [-0.2, 0) is 19.0 Å². The number of carbonyl (C=O) groups excluding carboxylic acids is 1. The Morgan fingerprint density at radius 2 is 2.14 bits per heavy atom. The first-order chi connectivity index (χ1) is 6.68. The van der Waals surface area contributed by atoms with Crippen LogP contribution in [0, 0.1) is 0 Å². The Labute approximate surface area is 83.8 Å². The second kappa shape index (κ2) is 5.24. The predicted molar refractivity (Wildman–Crippen MR) is 50.7 cm³/mol. The van der Waals surface area contributed by atoms with Gasteiger partial charge in [0.05, 0.1) is 13.2 Å². The van der Waals surface area contributed by atoms with Gasteiger partial charge in [-0.2, -0.15) is 0 Å². The zero-order valence-corrected chi connectivity index (χ0v) is 8.62. The van der Waals surface area contributed by atoms with E-state index in [0.29, 0.717) is 26.2 Å². The summed E-state index contributed by atoms with van der Waals surface area (Å²) >= 11 is 0. The van der Waals surface area contributed by atoms with Gasteiger partial charge in [0.25, 0.3) is 0 Å². The maximum atomic E-state index is 10.7. The van der Waals surface area contributed by atoms with Crippen molar-refractivity contribution in [2.75, 3.05) is 19.8 Å². The summed E-state index contributed by atoms with van der Waals surface area (Å²) in [4.78, 5) is 10.7. The molecule has 0 aromatic heterocycles. The van der Waals surface area contributed by atoms with E-state index in [0.717, 1.165) is 0 Å². The number of rotatable bonds is 5. The highest BCUT2D eigenvalue weighted by Crippen LogP contribution is 2.22. The van der Waals surface area contributed by atoms with E-state index in [-0.39, 0.29) is 5.78 Å². The predicted octanol–water partition coefficient (Wildman–Crippen LogP) is 1.26. The van der Waals surface area contributed by atoms with Crippen molar-refractivity contribution in [3.63, 3.8) is 0 Å². The molecule has 0 N–H and O–H groups in total. The smallest absolute Gasteiger partial charge is 0.304 e. The third kappa shape index (κ3) is 3.21. The lowest BCUT2D eigenvalue weighted by atomic mass is 10.3. The molecule has 1 heterocycles. The normalized spacial score (nSPS) is 20.4. The summed E-state index contributed by atoms with van der Waals surface area (Å²) in [6, 6.07) is 0. The molecule has 0 spiro atoms. The fourth-order valence-corrected chi connectivity index (χ4v) is 1.21. The topological polar surface area (TPSA) is 44.8 Å². The van der Waals surface area contributed by atoms with E-state index in [1.165, 1.54) is 6.92 Å². The standard InChI is InChI=1S/C10H16O4/c1-3-12-10(13-7-8-14-10)6-4-5-9(2)11/h4,6H,3,5,7-8H2,1-2H3. The van der Waals surface area contributed by atoms with E-state index in [1.807, 2.05) is 6.92 Å². The molecule has 0 bridgehead atoms. The third-order valence-corrected chi connectivity index (χ3v) is 1.76. The van der Waals surface area contributed by atoms with Crippen molar-refractivity contribution in [1.82, 2.24) is 0 Å². The fraction of sp³-hybridized carbons (Fsp3) is 0.700. The third-order valence-electron chi connectivity index (χ3n) is 1.76. The highest BCUT2D eigenvalue weighted by molar-refractivity contribution is 5.76. The van der Waals surface area contributed by atoms with Crippen molar-refractivity contribution in [1.29, 1.82) is 0 Å². The van der Waals surface area contributed by atoms with Crippen LogP contribution in [0.5, 0.6) is 0 Å². The van der Waals surface area contributed by atoms with Gasteiger partial charge in [0.2, 0.25) is 0 Å². The largest absolute Gasteiger partial charge is 0.324 e. The molecule has 14 heavy (non-hydrogen) atoms. The SMILES string of the molecule is CCOC1(C=CCC(C)=O)OCCO1. The molecule has 4 nitrogen and oxygen atoms in total. The summed E-state index contributed by atoms with van der Waals surface area (Å²) in [7, 11) is 0. The lowest BCUT2D eigenvalue weighted by Crippen LogP contribution is -2.31. The van der Waals surface area contributed by atoms with Crippen LogP contribution in [0.2, 0.25) is 0 Å². The molecule has 1 rings (SSSR count). The van der Waals surface area contributed by atoms with Crippen LogP contribution < -0.4 is 0 Å². The Kier molecular flexibility index (Phi) is 4.25. The van der Waals surface area contributed by atoms with Crippen LogP contribution in [0.3, 0.4) is 0 Å². The molecule has 0 unspecified atom stereocenters. The molecule has 0 aliphatic carbocycles. The number of ether oxygens (including phenoxy) is 3. The highest BCUT2D eigenvalue weighted by Gasteiger charge is 2.34. The van der Waals surface area contributed by atoms with Crippen molar-refractivity contribution in [3.8, 4) is 0 Å². The second-order valence-corrected chi connectivity index (χ2v) is 3.04. The monoisotopic (exact) mass is 200 g/mol. The Hall–Kier alpha value is -0.710. The molecule has 0 aromatic carbocycles. The molecule has 1 saturated heterocycles. The Morgan fingerprint density at radius 1 is 1.50 bits per heavy atom. The lowest BCUT2D eigenvalue weighted by Gasteiger charge is -2.22. The number of Topliss-reactive ketones (excluding diaryl/α,β-unsaturated/α-hetero) is 1. The summed E-state index contributed by atoms with van der Waals surface area (Å²) < 4.78 is 16.0. The second-order valence-electron chi connectivity index (χ2n) is 3.04. The summed E-state index contributed by atoms with van der Waals surface area (Å²) in [5.41, 5.74) is 0. The van der Waals surface area contributed by atoms with Crippen LogP contribution in [-0.4, -0.2) is 31.6 Å². The molecule has 1 fully saturated rings. The van der Waals surface area contributed by atoms with Gasteiger partial charge in [0.1, 0.15) is 5.78 Å². The molecular weight excluding hydrogens is 184 g/mol. The van der Waals surface area contributed by atoms with Crippen LogP contribution in [0.4, 0.5) is 0 Å². The molecule has 0 atom stereocenters. The van der Waals surface area contributed by atoms with E-state index in [1.54, 1.807) is 12.2 Å². The molecule has 4 heteroatoms. The molecule has 0 aromatic rings. The molecule has 0 radical (unpaired) electrons. The van der Waals surface area contributed by atoms with Gasteiger partial charge in [0.15, 0.2) is 0 Å². The van der Waals surface area contributed by atoms with Gasteiger partial charge in [-0.25, -0.2) is 0 Å². The van der Waals surface area contributed by atoms with Gasteiger partial charge in [-0.3, -0.25) is 4.79 Å². The highest BCUT2D eigenvalue weighted by atomic mass is 16.9. The van der Waals surface area contributed by atoms with Gasteiger partial charge in [-0.1, -0.05) is 6.08 Å². The van der Waals surface area contributed by atoms with Crippen molar-refractivity contribution in [2.45, 2.75) is 26.2 Å². The molecule has 0 saturated carbocycles. The van der Waals surface area contributed by atoms with E-state index >= 15 is 0 Å². The fourth-order valence-electron chi connectivity index (χ4n) is 1.21. The first-order valence-corrected chi connectivity index (χ1v) is 4.77. The van der Waals surface area contributed by atoms with Gasteiger partial charge in [0, 0.05) is 19.1 Å². The Bertz CT molecular complexity index is 216. The van der Waals surface area contributed by atoms with Crippen LogP contribution in [0.1, 0.15) is 20.3 Å². The average molecular weight is 200 g/mol. The van der Waals surface area contributed by atoms with E-state index in [9.17, 15) is 4.79 Å².